The van der Waals surface area contributed by atoms with E-state index in [-0.39, 0.29) is 37.7 Å². The Hall–Kier alpha value is -3.50. The summed E-state index contributed by atoms with van der Waals surface area (Å²) in [5, 5.41) is 30.8. The van der Waals surface area contributed by atoms with Crippen LogP contribution >= 0.6 is 0 Å². The number of rotatable bonds is 13. The van der Waals surface area contributed by atoms with Crippen molar-refractivity contribution >= 4 is 23.9 Å². The third kappa shape index (κ3) is 14.4. The number of nitrogens with one attached hydrogen (secondary N) is 2. The largest absolute Gasteiger partial charge is 0.491 e. The third-order valence-electron chi connectivity index (χ3n) is 5.92. The van der Waals surface area contributed by atoms with Gasteiger partial charge in [0.1, 0.15) is 31.2 Å². The molecule has 2 aliphatic heterocycles. The highest BCUT2D eigenvalue weighted by Crippen LogP contribution is 2.22. The Bertz CT molecular complexity index is 987. The molecule has 15 heteroatoms. The molecule has 2 heterocycles. The zero-order valence-corrected chi connectivity index (χ0v) is 23.9. The fraction of sp³-hybridized carbons (Fsp3) is 0.630. The summed E-state index contributed by atoms with van der Waals surface area (Å²) in [4.78, 5) is 43.9. The quantitative estimate of drug-likeness (QED) is 0.114. The maximum Gasteiger partial charge on any atom is 0.414 e. The Morgan fingerprint density at radius 3 is 2.33 bits per heavy atom. The second-order valence-corrected chi connectivity index (χ2v) is 9.89. The number of aliphatic hydroxyl groups is 1. The third-order valence-corrected chi connectivity index (χ3v) is 5.92. The van der Waals surface area contributed by atoms with E-state index in [9.17, 15) is 14.7 Å². The number of aliphatic hydroxyl groups excluding tert-OH is 1. The highest BCUT2D eigenvalue weighted by Gasteiger charge is 2.33. The summed E-state index contributed by atoms with van der Waals surface area (Å²) in [5.41, 5.74) is 0.988. The second kappa shape index (κ2) is 18.1. The molecule has 2 fully saturated rings. The standard InChI is InChI=1S/C25H39N3O8.C2H2O4/c1-25(2)35-18-22(36-25)17-34-23(30)8-5-19-3-6-21(7-4-19)33-16-20(29)15-26-9-10-27-24(31)28-11-13-32-14-12-28;3-1(4)2(5)6/h3-4,6-7,20,22,26,29H,5,8-18H2,1-2H3,(H,27,31);(H,3,4)(H,5,6)/t20-,22+;/m0./s1. The monoisotopic (exact) mass is 599 g/mol. The maximum absolute atomic E-state index is 12.0. The molecule has 5 N–H and O–H groups in total. The van der Waals surface area contributed by atoms with Gasteiger partial charge in [-0.2, -0.15) is 0 Å². The fourth-order valence-electron chi connectivity index (χ4n) is 3.76. The number of amides is 2. The lowest BCUT2D eigenvalue weighted by Crippen LogP contribution is -2.47. The van der Waals surface area contributed by atoms with Gasteiger partial charge in [-0.25, -0.2) is 14.4 Å². The van der Waals surface area contributed by atoms with Crippen molar-refractivity contribution in [1.29, 1.82) is 0 Å². The van der Waals surface area contributed by atoms with Gasteiger partial charge in [-0.3, -0.25) is 4.79 Å². The molecule has 236 valence electrons. The average Bonchev–Trinajstić information content (AvgIpc) is 3.33. The molecule has 3 rings (SSSR count). The van der Waals surface area contributed by atoms with Crippen LogP contribution in [0.2, 0.25) is 0 Å². The van der Waals surface area contributed by atoms with Crippen LogP contribution < -0.4 is 15.4 Å². The van der Waals surface area contributed by atoms with Gasteiger partial charge >= 0.3 is 23.9 Å². The molecule has 0 aliphatic carbocycles. The summed E-state index contributed by atoms with van der Waals surface area (Å²) < 4.78 is 27.2. The first-order valence-corrected chi connectivity index (χ1v) is 13.6. The number of benzene rings is 1. The van der Waals surface area contributed by atoms with Gasteiger partial charge < -0.3 is 54.5 Å². The van der Waals surface area contributed by atoms with Crippen molar-refractivity contribution < 1.29 is 58.2 Å². The number of carboxylic acid groups (broad SMARTS) is 2. The number of morpholine rings is 1. The topological polar surface area (TPSA) is 202 Å². The molecule has 0 unspecified atom stereocenters. The first kappa shape index (κ1) is 34.7. The molecule has 1 aromatic rings. The fourth-order valence-corrected chi connectivity index (χ4v) is 3.76. The molecule has 15 nitrogen and oxygen atoms in total. The zero-order valence-electron chi connectivity index (χ0n) is 23.9. The van der Waals surface area contributed by atoms with Gasteiger partial charge in [0.15, 0.2) is 5.79 Å². The number of hydrogen-bond acceptors (Lipinski definition) is 11. The van der Waals surface area contributed by atoms with Gasteiger partial charge in [0.2, 0.25) is 0 Å². The van der Waals surface area contributed by atoms with Crippen LogP contribution in [0.15, 0.2) is 24.3 Å². The number of esters is 1. The normalized spacial score (nSPS) is 18.3. The smallest absolute Gasteiger partial charge is 0.414 e. The van der Waals surface area contributed by atoms with Gasteiger partial charge in [0.25, 0.3) is 0 Å². The van der Waals surface area contributed by atoms with E-state index in [4.69, 9.17) is 43.5 Å². The predicted octanol–water partition coefficient (Wildman–Crippen LogP) is -0.159. The summed E-state index contributed by atoms with van der Waals surface area (Å²) in [5.74, 6) is -3.92. The number of carboxylic acids is 2. The lowest BCUT2D eigenvalue weighted by Gasteiger charge is -2.27. The SMILES string of the molecule is CC1(C)OC[C@@H](COC(=O)CCc2ccc(OC[C@@H](O)CNCCNC(=O)N3CCOCC3)cc2)O1.O=C(O)C(=O)O. The van der Waals surface area contributed by atoms with Crippen molar-refractivity contribution in [3.8, 4) is 5.75 Å². The van der Waals surface area contributed by atoms with E-state index in [0.717, 1.165) is 5.56 Å². The molecule has 42 heavy (non-hydrogen) atoms. The van der Waals surface area contributed by atoms with Gasteiger partial charge in [-0.15, -0.1) is 0 Å². The summed E-state index contributed by atoms with van der Waals surface area (Å²) in [6.07, 6.45) is -0.0863. The molecule has 0 aromatic heterocycles. The number of hydrogen-bond donors (Lipinski definition) is 5. The Kier molecular flexibility index (Phi) is 15.0. The first-order chi connectivity index (χ1) is 19.9. The summed E-state index contributed by atoms with van der Waals surface area (Å²) in [7, 11) is 0. The van der Waals surface area contributed by atoms with Crippen LogP contribution in [0.5, 0.6) is 5.75 Å². The Morgan fingerprint density at radius 2 is 1.74 bits per heavy atom. The number of urea groups is 1. The minimum Gasteiger partial charge on any atom is -0.491 e. The van der Waals surface area contributed by atoms with E-state index in [1.165, 1.54) is 0 Å². The van der Waals surface area contributed by atoms with Gasteiger partial charge in [-0.1, -0.05) is 12.1 Å². The average molecular weight is 600 g/mol. The van der Waals surface area contributed by atoms with E-state index in [1.807, 2.05) is 38.1 Å². The van der Waals surface area contributed by atoms with Crippen LogP contribution in [-0.4, -0.2) is 128 Å². The molecule has 2 saturated heterocycles. The van der Waals surface area contributed by atoms with Gasteiger partial charge in [0.05, 0.1) is 19.8 Å². The summed E-state index contributed by atoms with van der Waals surface area (Å²) in [6.45, 7) is 8.13. The number of aliphatic carboxylic acids is 2. The molecule has 0 bridgehead atoms. The van der Waals surface area contributed by atoms with E-state index >= 15 is 0 Å². The molecule has 0 saturated carbocycles. The molecule has 2 aliphatic rings. The lowest BCUT2D eigenvalue weighted by molar-refractivity contribution is -0.159. The lowest BCUT2D eigenvalue weighted by atomic mass is 10.1. The van der Waals surface area contributed by atoms with Crippen LogP contribution in [0.1, 0.15) is 25.8 Å². The van der Waals surface area contributed by atoms with Crippen molar-refractivity contribution in [2.45, 2.75) is 44.7 Å². The molecule has 2 atom stereocenters. The number of carbonyl (C=O) groups is 4. The summed E-state index contributed by atoms with van der Waals surface area (Å²) >= 11 is 0. The molecule has 2 amide bonds. The van der Waals surface area contributed by atoms with E-state index < -0.39 is 23.8 Å². The van der Waals surface area contributed by atoms with E-state index in [0.29, 0.717) is 64.7 Å². The number of aryl methyl sites for hydroxylation is 1. The molecular formula is C27H41N3O12. The van der Waals surface area contributed by atoms with E-state index in [2.05, 4.69) is 10.6 Å². The Balaban J connectivity index is 0.000000928. The molecule has 1 aromatic carbocycles. The maximum atomic E-state index is 12.0. The number of nitrogens with zero attached hydrogens (tertiary/aromatic N) is 1. The number of carbonyl (C=O) groups excluding carboxylic acids is 2. The zero-order chi connectivity index (χ0) is 31.0. The van der Waals surface area contributed by atoms with Gasteiger partial charge in [0, 0.05) is 39.1 Å². The highest BCUT2D eigenvalue weighted by molar-refractivity contribution is 6.27. The summed E-state index contributed by atoms with van der Waals surface area (Å²) in [6, 6.07) is 7.31. The predicted molar refractivity (Wildman–Crippen MR) is 146 cm³/mol. The van der Waals surface area contributed by atoms with E-state index in [1.54, 1.807) is 4.90 Å². The van der Waals surface area contributed by atoms with Crippen LogP contribution in [0.4, 0.5) is 4.79 Å². The van der Waals surface area contributed by atoms with Crippen LogP contribution in [0.3, 0.4) is 0 Å². The van der Waals surface area contributed by atoms with Crippen LogP contribution in [-0.2, 0) is 39.8 Å². The van der Waals surface area contributed by atoms with Crippen LogP contribution in [0, 0.1) is 0 Å². The van der Waals surface area contributed by atoms with Crippen LogP contribution in [0.25, 0.3) is 0 Å². The molecule has 0 radical (unpaired) electrons. The first-order valence-electron chi connectivity index (χ1n) is 13.6. The minimum atomic E-state index is -1.82. The van der Waals surface area contributed by atoms with Crippen molar-refractivity contribution in [2.24, 2.45) is 0 Å². The van der Waals surface area contributed by atoms with Crippen molar-refractivity contribution in [3.05, 3.63) is 29.8 Å². The van der Waals surface area contributed by atoms with Crippen molar-refractivity contribution in [1.82, 2.24) is 15.5 Å². The highest BCUT2D eigenvalue weighted by atomic mass is 16.7. The number of ether oxygens (including phenoxy) is 5. The van der Waals surface area contributed by atoms with Gasteiger partial charge in [-0.05, 0) is 38.0 Å². The molecule has 0 spiro atoms. The Labute approximate surface area is 244 Å². The Morgan fingerprint density at radius 1 is 1.07 bits per heavy atom. The molecular weight excluding hydrogens is 558 g/mol. The van der Waals surface area contributed by atoms with Crippen molar-refractivity contribution in [2.75, 3.05) is 65.8 Å². The second-order valence-electron chi connectivity index (χ2n) is 9.89. The van der Waals surface area contributed by atoms with Crippen molar-refractivity contribution in [3.63, 3.8) is 0 Å². The minimum absolute atomic E-state index is 0.0952.